The third-order valence-electron chi connectivity index (χ3n) is 5.54. The van der Waals surface area contributed by atoms with Gasteiger partial charge < -0.3 is 15.0 Å². The van der Waals surface area contributed by atoms with E-state index in [2.05, 4.69) is 17.4 Å². The Bertz CT molecular complexity index is 1070. The van der Waals surface area contributed by atoms with Crippen molar-refractivity contribution in [1.29, 1.82) is 0 Å². The van der Waals surface area contributed by atoms with Crippen LogP contribution in [0, 0.1) is 6.92 Å². The topological polar surface area (TPSA) is 58.6 Å². The van der Waals surface area contributed by atoms with Crippen molar-refractivity contribution in [3.8, 4) is 5.75 Å². The number of aryl methyl sites for hydroxylation is 1. The molecule has 0 radical (unpaired) electrons. The molecule has 1 N–H and O–H groups in total. The zero-order valence-corrected chi connectivity index (χ0v) is 17.6. The summed E-state index contributed by atoms with van der Waals surface area (Å²) < 4.78 is 5.58. The van der Waals surface area contributed by atoms with Crippen molar-refractivity contribution in [3.05, 3.63) is 95.6 Å². The smallest absolute Gasteiger partial charge is 0.262 e. The first-order valence-electron chi connectivity index (χ1n) is 10.5. The van der Waals surface area contributed by atoms with Crippen LogP contribution in [0.2, 0.25) is 0 Å². The second kappa shape index (κ2) is 9.47. The monoisotopic (exact) mass is 414 g/mol. The Morgan fingerprint density at radius 2 is 1.77 bits per heavy atom. The lowest BCUT2D eigenvalue weighted by molar-refractivity contribution is -0.118. The van der Waals surface area contributed by atoms with Crippen molar-refractivity contribution >= 4 is 17.5 Å². The summed E-state index contributed by atoms with van der Waals surface area (Å²) in [4.78, 5) is 27.5. The van der Waals surface area contributed by atoms with Crippen LogP contribution in [0.3, 0.4) is 0 Å². The van der Waals surface area contributed by atoms with E-state index in [4.69, 9.17) is 4.74 Å². The number of likely N-dealkylation sites (tertiary alicyclic amines) is 1. The summed E-state index contributed by atoms with van der Waals surface area (Å²) in [5, 5.41) is 2.83. The molecular formula is C26H26N2O3. The van der Waals surface area contributed by atoms with Gasteiger partial charge in [-0.15, -0.1) is 0 Å². The maximum atomic E-state index is 13.2. The molecule has 0 spiro atoms. The Kier molecular flexibility index (Phi) is 6.32. The van der Waals surface area contributed by atoms with Crippen LogP contribution in [0.4, 0.5) is 5.69 Å². The zero-order chi connectivity index (χ0) is 21.6. The normalized spacial score (nSPS) is 15.5. The van der Waals surface area contributed by atoms with Crippen molar-refractivity contribution in [3.63, 3.8) is 0 Å². The molecule has 158 valence electrons. The van der Waals surface area contributed by atoms with Crippen LogP contribution in [-0.2, 0) is 4.79 Å². The van der Waals surface area contributed by atoms with E-state index in [-0.39, 0.29) is 18.4 Å². The predicted molar refractivity (Wildman–Crippen MR) is 121 cm³/mol. The molecule has 2 amide bonds. The van der Waals surface area contributed by atoms with Gasteiger partial charge in [-0.3, -0.25) is 9.59 Å². The minimum Gasteiger partial charge on any atom is -0.484 e. The number of para-hydroxylation sites is 1. The van der Waals surface area contributed by atoms with Crippen LogP contribution in [0.5, 0.6) is 5.75 Å². The molecule has 5 nitrogen and oxygen atoms in total. The molecule has 1 atom stereocenters. The van der Waals surface area contributed by atoms with Gasteiger partial charge in [-0.05, 0) is 48.7 Å². The van der Waals surface area contributed by atoms with Gasteiger partial charge in [0.1, 0.15) is 5.75 Å². The quantitative estimate of drug-likeness (QED) is 0.639. The number of carbonyl (C=O) groups is 2. The van der Waals surface area contributed by atoms with Crippen molar-refractivity contribution in [1.82, 2.24) is 4.90 Å². The second-order valence-corrected chi connectivity index (χ2v) is 7.85. The van der Waals surface area contributed by atoms with Crippen LogP contribution in [0.25, 0.3) is 0 Å². The molecule has 3 aromatic rings. The van der Waals surface area contributed by atoms with E-state index in [9.17, 15) is 9.59 Å². The van der Waals surface area contributed by atoms with E-state index in [0.717, 1.165) is 12.0 Å². The van der Waals surface area contributed by atoms with Gasteiger partial charge in [-0.1, -0.05) is 54.6 Å². The Hall–Kier alpha value is -3.60. The first-order valence-corrected chi connectivity index (χ1v) is 10.5. The largest absolute Gasteiger partial charge is 0.484 e. The van der Waals surface area contributed by atoms with Gasteiger partial charge in [0.05, 0.1) is 11.3 Å². The number of nitrogens with zero attached hydrogens (tertiary/aromatic N) is 1. The summed E-state index contributed by atoms with van der Waals surface area (Å²) in [6, 6.07) is 25.0. The van der Waals surface area contributed by atoms with Crippen LogP contribution >= 0.6 is 0 Å². The standard InChI is InChI=1S/C26H26N2O3/c1-19-8-7-11-22(16-19)31-18-25(29)27-24-13-6-5-12-23(24)26(30)28-15-14-21(17-28)20-9-3-2-4-10-20/h2-13,16,21H,14-15,17-18H2,1H3,(H,27,29). The molecule has 31 heavy (non-hydrogen) atoms. The average Bonchev–Trinajstić information content (AvgIpc) is 3.29. The molecule has 0 aromatic heterocycles. The molecule has 5 heteroatoms. The number of hydrogen-bond acceptors (Lipinski definition) is 3. The predicted octanol–water partition coefficient (Wildman–Crippen LogP) is 4.64. The molecule has 1 aliphatic heterocycles. The molecule has 1 fully saturated rings. The van der Waals surface area contributed by atoms with Gasteiger partial charge >= 0.3 is 0 Å². The molecule has 0 bridgehead atoms. The SMILES string of the molecule is Cc1cccc(OCC(=O)Nc2ccccc2C(=O)N2CCC(c3ccccc3)C2)c1. The number of hydrogen-bond donors (Lipinski definition) is 1. The molecule has 1 aliphatic rings. The fourth-order valence-corrected chi connectivity index (χ4v) is 3.93. The lowest BCUT2D eigenvalue weighted by Crippen LogP contribution is -2.30. The summed E-state index contributed by atoms with van der Waals surface area (Å²) >= 11 is 0. The highest BCUT2D eigenvalue weighted by molar-refractivity contribution is 6.04. The molecule has 1 heterocycles. The molecule has 1 unspecified atom stereocenters. The molecule has 4 rings (SSSR count). The summed E-state index contributed by atoms with van der Waals surface area (Å²) in [7, 11) is 0. The number of carbonyl (C=O) groups excluding carboxylic acids is 2. The first-order chi connectivity index (χ1) is 15.1. The molecule has 1 saturated heterocycles. The highest BCUT2D eigenvalue weighted by Gasteiger charge is 2.29. The highest BCUT2D eigenvalue weighted by atomic mass is 16.5. The summed E-state index contributed by atoms with van der Waals surface area (Å²) in [5.41, 5.74) is 3.33. The van der Waals surface area contributed by atoms with E-state index < -0.39 is 0 Å². The van der Waals surface area contributed by atoms with Crippen molar-refractivity contribution in [2.75, 3.05) is 25.0 Å². The van der Waals surface area contributed by atoms with Gasteiger partial charge in [0, 0.05) is 19.0 Å². The lowest BCUT2D eigenvalue weighted by atomic mass is 9.99. The first kappa shape index (κ1) is 20.7. The minimum absolute atomic E-state index is 0.0612. The Balaban J connectivity index is 1.40. The fourth-order valence-electron chi connectivity index (χ4n) is 3.93. The van der Waals surface area contributed by atoms with E-state index in [0.29, 0.717) is 36.0 Å². The number of nitrogens with one attached hydrogen (secondary N) is 1. The minimum atomic E-state index is -0.301. The summed E-state index contributed by atoms with van der Waals surface area (Å²) in [6.07, 6.45) is 0.939. The zero-order valence-electron chi connectivity index (χ0n) is 17.6. The second-order valence-electron chi connectivity index (χ2n) is 7.85. The van der Waals surface area contributed by atoms with Crippen LogP contribution in [0.15, 0.2) is 78.9 Å². The fraction of sp³-hybridized carbons (Fsp3) is 0.231. The number of benzene rings is 3. The van der Waals surface area contributed by atoms with E-state index in [1.807, 2.05) is 66.4 Å². The maximum absolute atomic E-state index is 13.2. The third kappa shape index (κ3) is 5.12. The third-order valence-corrected chi connectivity index (χ3v) is 5.54. The lowest BCUT2D eigenvalue weighted by Gasteiger charge is -2.19. The average molecular weight is 415 g/mol. The van der Waals surface area contributed by atoms with Crippen molar-refractivity contribution < 1.29 is 14.3 Å². The summed E-state index contributed by atoms with van der Waals surface area (Å²) in [6.45, 7) is 3.24. The molecule has 0 aliphatic carbocycles. The van der Waals surface area contributed by atoms with Crippen LogP contribution in [-0.4, -0.2) is 36.4 Å². The van der Waals surface area contributed by atoms with E-state index in [1.165, 1.54) is 5.56 Å². The van der Waals surface area contributed by atoms with Gasteiger partial charge in [-0.2, -0.15) is 0 Å². The van der Waals surface area contributed by atoms with Gasteiger partial charge in [0.15, 0.2) is 6.61 Å². The number of anilines is 1. The molecule has 0 saturated carbocycles. The Labute approximate surface area is 182 Å². The highest BCUT2D eigenvalue weighted by Crippen LogP contribution is 2.29. The van der Waals surface area contributed by atoms with E-state index in [1.54, 1.807) is 12.1 Å². The Morgan fingerprint density at radius 1 is 1.00 bits per heavy atom. The van der Waals surface area contributed by atoms with Crippen molar-refractivity contribution in [2.24, 2.45) is 0 Å². The van der Waals surface area contributed by atoms with Crippen LogP contribution < -0.4 is 10.1 Å². The summed E-state index contributed by atoms with van der Waals surface area (Å²) in [5.74, 6) is 0.623. The number of amides is 2. The van der Waals surface area contributed by atoms with E-state index >= 15 is 0 Å². The van der Waals surface area contributed by atoms with Gasteiger partial charge in [0.2, 0.25) is 0 Å². The van der Waals surface area contributed by atoms with Gasteiger partial charge in [-0.25, -0.2) is 0 Å². The van der Waals surface area contributed by atoms with Crippen LogP contribution in [0.1, 0.15) is 33.8 Å². The molecule has 3 aromatic carbocycles. The van der Waals surface area contributed by atoms with Gasteiger partial charge in [0.25, 0.3) is 11.8 Å². The number of rotatable bonds is 6. The Morgan fingerprint density at radius 3 is 2.58 bits per heavy atom. The number of ether oxygens (including phenoxy) is 1. The maximum Gasteiger partial charge on any atom is 0.262 e. The molecular weight excluding hydrogens is 388 g/mol. The van der Waals surface area contributed by atoms with Crippen molar-refractivity contribution in [2.45, 2.75) is 19.3 Å².